The summed E-state index contributed by atoms with van der Waals surface area (Å²) in [6.07, 6.45) is 3.67. The number of hydrogen-bond donors (Lipinski definition) is 1. The summed E-state index contributed by atoms with van der Waals surface area (Å²) < 4.78 is 7.13. The number of esters is 1. The third-order valence-electron chi connectivity index (χ3n) is 7.38. The first-order valence-corrected chi connectivity index (χ1v) is 14.0. The van der Waals surface area contributed by atoms with Crippen LogP contribution in [0, 0.1) is 0 Å². The minimum atomic E-state index is -0.418. The highest BCUT2D eigenvalue weighted by atomic mass is 35.5. The van der Waals surface area contributed by atoms with Crippen LogP contribution in [-0.4, -0.2) is 46.6 Å². The molecule has 1 N–H and O–H groups in total. The molecule has 4 aromatic rings. The van der Waals surface area contributed by atoms with Gasteiger partial charge >= 0.3 is 12.0 Å². The van der Waals surface area contributed by atoms with E-state index in [2.05, 4.69) is 9.88 Å². The first-order valence-electron chi connectivity index (χ1n) is 13.6. The number of hydrogen-bond acceptors (Lipinski definition) is 4. The molecule has 1 aliphatic heterocycles. The standard InChI is InChI=1S/C32H29ClN4O4/c1-2-41-31(39)22-11-15-24(16-12-22)34-32(40)36(25-17-18-25)20-29(38)37-27-7-4-3-6-26(27)35-19-5-8-28(35)30(37)21-9-13-23(33)14-10-21/h3-16,19,25,30H,2,17-18,20H2,1H3,(H,34,40)/t30-/m1/s1. The number of ether oxygens (including phenoxy) is 1. The number of para-hydroxylation sites is 2. The number of carbonyl (C=O) groups excluding carboxylic acids is 3. The Balaban J connectivity index is 1.28. The van der Waals surface area contributed by atoms with E-state index in [0.717, 1.165) is 35.5 Å². The molecule has 208 valence electrons. The lowest BCUT2D eigenvalue weighted by molar-refractivity contribution is -0.119. The van der Waals surface area contributed by atoms with Gasteiger partial charge in [0.2, 0.25) is 5.91 Å². The van der Waals surface area contributed by atoms with Gasteiger partial charge in [-0.15, -0.1) is 0 Å². The molecule has 2 aliphatic rings. The van der Waals surface area contributed by atoms with Gasteiger partial charge in [-0.1, -0.05) is 35.9 Å². The minimum absolute atomic E-state index is 0.0179. The van der Waals surface area contributed by atoms with Gasteiger partial charge in [0.15, 0.2) is 0 Å². The maximum atomic E-state index is 14.2. The summed E-state index contributed by atoms with van der Waals surface area (Å²) in [4.78, 5) is 43.1. The number of carbonyl (C=O) groups is 3. The summed E-state index contributed by atoms with van der Waals surface area (Å²) in [6.45, 7) is 1.95. The Hall–Kier alpha value is -4.56. The number of amides is 3. The van der Waals surface area contributed by atoms with Crippen LogP contribution >= 0.6 is 11.6 Å². The van der Waals surface area contributed by atoms with Crippen LogP contribution in [-0.2, 0) is 9.53 Å². The molecule has 1 atom stereocenters. The van der Waals surface area contributed by atoms with Crippen molar-refractivity contribution in [2.24, 2.45) is 0 Å². The molecular formula is C32H29ClN4O4. The Morgan fingerprint density at radius 1 is 0.927 bits per heavy atom. The van der Waals surface area contributed by atoms with E-state index in [1.807, 2.05) is 66.9 Å². The van der Waals surface area contributed by atoms with E-state index in [1.54, 1.807) is 41.0 Å². The average molecular weight is 569 g/mol. The largest absolute Gasteiger partial charge is 0.462 e. The molecule has 1 saturated carbocycles. The second kappa shape index (κ2) is 11.1. The van der Waals surface area contributed by atoms with E-state index >= 15 is 0 Å². The van der Waals surface area contributed by atoms with Crippen LogP contribution < -0.4 is 10.2 Å². The van der Waals surface area contributed by atoms with Gasteiger partial charge in [0.05, 0.1) is 29.2 Å². The first-order chi connectivity index (χ1) is 19.9. The molecule has 0 saturated heterocycles. The van der Waals surface area contributed by atoms with Gasteiger partial charge in [0.25, 0.3) is 0 Å². The van der Waals surface area contributed by atoms with Crippen molar-refractivity contribution in [1.29, 1.82) is 0 Å². The molecule has 0 bridgehead atoms. The van der Waals surface area contributed by atoms with Crippen molar-refractivity contribution in [3.63, 3.8) is 0 Å². The smallest absolute Gasteiger partial charge is 0.338 e. The Labute approximate surface area is 243 Å². The number of aromatic nitrogens is 1. The minimum Gasteiger partial charge on any atom is -0.462 e. The summed E-state index contributed by atoms with van der Waals surface area (Å²) in [5.74, 6) is -0.608. The number of halogens is 1. The van der Waals surface area contributed by atoms with Crippen molar-refractivity contribution in [2.45, 2.75) is 31.8 Å². The van der Waals surface area contributed by atoms with Crippen molar-refractivity contribution in [1.82, 2.24) is 9.47 Å². The lowest BCUT2D eigenvalue weighted by Crippen LogP contribution is -2.48. The summed E-state index contributed by atoms with van der Waals surface area (Å²) in [7, 11) is 0. The maximum absolute atomic E-state index is 14.2. The number of rotatable bonds is 7. The summed E-state index contributed by atoms with van der Waals surface area (Å²) >= 11 is 6.20. The highest BCUT2D eigenvalue weighted by molar-refractivity contribution is 6.30. The lowest BCUT2D eigenvalue weighted by Gasteiger charge is -2.39. The molecule has 6 rings (SSSR count). The van der Waals surface area contributed by atoms with E-state index in [0.29, 0.717) is 16.3 Å². The SMILES string of the molecule is CCOC(=O)c1ccc(NC(=O)N(CC(=O)N2c3ccccc3-n3cccc3[C@H]2c2ccc(Cl)cc2)C2CC2)cc1. The topological polar surface area (TPSA) is 83.9 Å². The van der Waals surface area contributed by atoms with Crippen molar-refractivity contribution >= 4 is 40.9 Å². The molecule has 3 amide bonds. The number of anilines is 2. The Morgan fingerprint density at radius 3 is 2.32 bits per heavy atom. The normalized spacial score (nSPS) is 15.5. The predicted octanol–water partition coefficient (Wildman–Crippen LogP) is 6.44. The fraction of sp³-hybridized carbons (Fsp3) is 0.219. The number of urea groups is 1. The third kappa shape index (κ3) is 5.30. The number of fused-ring (bicyclic) bond motifs is 3. The molecule has 1 aliphatic carbocycles. The fourth-order valence-electron chi connectivity index (χ4n) is 5.30. The Bertz CT molecular complexity index is 1590. The van der Waals surface area contributed by atoms with Crippen LogP contribution in [0.25, 0.3) is 5.69 Å². The van der Waals surface area contributed by atoms with Crippen LogP contribution in [0.4, 0.5) is 16.2 Å². The zero-order valence-electron chi connectivity index (χ0n) is 22.5. The maximum Gasteiger partial charge on any atom is 0.338 e. The molecule has 1 fully saturated rings. The molecule has 3 aromatic carbocycles. The zero-order valence-corrected chi connectivity index (χ0v) is 23.3. The molecule has 0 unspecified atom stereocenters. The molecule has 2 heterocycles. The second-order valence-corrected chi connectivity index (χ2v) is 10.5. The quantitative estimate of drug-likeness (QED) is 0.260. The first kappa shape index (κ1) is 26.7. The van der Waals surface area contributed by atoms with Gasteiger partial charge in [-0.25, -0.2) is 9.59 Å². The van der Waals surface area contributed by atoms with E-state index in [-0.39, 0.29) is 31.1 Å². The molecule has 0 spiro atoms. The van der Waals surface area contributed by atoms with Crippen LogP contribution in [0.5, 0.6) is 0 Å². The van der Waals surface area contributed by atoms with Gasteiger partial charge in [0, 0.05) is 22.9 Å². The van der Waals surface area contributed by atoms with E-state index in [4.69, 9.17) is 16.3 Å². The van der Waals surface area contributed by atoms with E-state index in [1.165, 1.54) is 0 Å². The summed E-state index contributed by atoms with van der Waals surface area (Å²) in [6, 6.07) is 25.0. The molecule has 41 heavy (non-hydrogen) atoms. The zero-order chi connectivity index (χ0) is 28.5. The van der Waals surface area contributed by atoms with Gasteiger partial charge in [-0.3, -0.25) is 9.69 Å². The fourth-order valence-corrected chi connectivity index (χ4v) is 5.42. The lowest BCUT2D eigenvalue weighted by atomic mass is 9.97. The molecule has 0 radical (unpaired) electrons. The summed E-state index contributed by atoms with van der Waals surface area (Å²) in [5, 5.41) is 3.51. The van der Waals surface area contributed by atoms with Crippen LogP contribution in [0.2, 0.25) is 5.02 Å². The van der Waals surface area contributed by atoms with Crippen molar-refractivity contribution in [3.05, 3.63) is 113 Å². The molecule has 9 heteroatoms. The highest BCUT2D eigenvalue weighted by Gasteiger charge is 2.40. The Morgan fingerprint density at radius 2 is 1.63 bits per heavy atom. The van der Waals surface area contributed by atoms with Crippen molar-refractivity contribution in [3.8, 4) is 5.69 Å². The van der Waals surface area contributed by atoms with Crippen LogP contribution in [0.1, 0.15) is 47.4 Å². The van der Waals surface area contributed by atoms with Gasteiger partial charge in [0.1, 0.15) is 12.6 Å². The van der Waals surface area contributed by atoms with Gasteiger partial charge in [-0.05, 0) is 86.0 Å². The average Bonchev–Trinajstić information content (AvgIpc) is 3.71. The van der Waals surface area contributed by atoms with E-state index < -0.39 is 12.0 Å². The summed E-state index contributed by atoms with van der Waals surface area (Å²) in [5.41, 5.74) is 4.47. The van der Waals surface area contributed by atoms with Crippen LogP contribution in [0.15, 0.2) is 91.1 Å². The van der Waals surface area contributed by atoms with Gasteiger partial charge < -0.3 is 19.5 Å². The molecule has 8 nitrogen and oxygen atoms in total. The highest BCUT2D eigenvalue weighted by Crippen LogP contribution is 2.42. The molecular weight excluding hydrogens is 540 g/mol. The van der Waals surface area contributed by atoms with Crippen molar-refractivity contribution < 1.29 is 19.1 Å². The number of benzene rings is 3. The number of nitrogens with zero attached hydrogens (tertiary/aromatic N) is 3. The van der Waals surface area contributed by atoms with E-state index in [9.17, 15) is 14.4 Å². The molecule has 1 aromatic heterocycles. The third-order valence-corrected chi connectivity index (χ3v) is 7.63. The monoisotopic (exact) mass is 568 g/mol. The van der Waals surface area contributed by atoms with Crippen LogP contribution in [0.3, 0.4) is 0 Å². The predicted molar refractivity (Wildman–Crippen MR) is 158 cm³/mol. The van der Waals surface area contributed by atoms with Crippen molar-refractivity contribution in [2.75, 3.05) is 23.4 Å². The second-order valence-electron chi connectivity index (χ2n) is 10.1. The van der Waals surface area contributed by atoms with Gasteiger partial charge in [-0.2, -0.15) is 0 Å². The number of nitrogens with one attached hydrogen (secondary N) is 1. The Kier molecular flexibility index (Phi) is 7.24.